The molecule has 12 heteroatoms. The number of nitrogens with zero attached hydrogens (tertiary/aromatic N) is 6. The number of fused-ring (bicyclic) bond motifs is 1. The Morgan fingerprint density at radius 2 is 1.65 bits per heavy atom. The molecular formula is C22H15F3N6O3. The van der Waals surface area contributed by atoms with Gasteiger partial charge in [-0.2, -0.15) is 14.6 Å². The van der Waals surface area contributed by atoms with Gasteiger partial charge < -0.3 is 9.26 Å². The standard InChI is InChI=1S/C22H15F3N6O3/c1-13-2-4-14(5-3-13)17-10-11-18-28-30(21(32)31(18)27-17)12-19-26-20(29-34-19)15-6-8-16(9-7-15)33-22(23,24)25/h2-11H,12H2,1H3. The molecule has 0 saturated carbocycles. The minimum atomic E-state index is -4.78. The van der Waals surface area contributed by atoms with Crippen molar-refractivity contribution >= 4 is 5.65 Å². The van der Waals surface area contributed by atoms with Crippen molar-refractivity contribution in [2.75, 3.05) is 0 Å². The van der Waals surface area contributed by atoms with Crippen molar-refractivity contribution in [2.45, 2.75) is 19.8 Å². The number of halogens is 3. The predicted octanol–water partition coefficient (Wildman–Crippen LogP) is 3.86. The van der Waals surface area contributed by atoms with Crippen LogP contribution < -0.4 is 10.4 Å². The van der Waals surface area contributed by atoms with E-state index in [0.717, 1.165) is 27.9 Å². The van der Waals surface area contributed by atoms with Crippen molar-refractivity contribution in [1.82, 2.24) is 29.5 Å². The van der Waals surface area contributed by atoms with E-state index < -0.39 is 12.1 Å². The average Bonchev–Trinajstić information content (AvgIpc) is 3.38. The van der Waals surface area contributed by atoms with Gasteiger partial charge in [0.25, 0.3) is 0 Å². The lowest BCUT2D eigenvalue weighted by Gasteiger charge is -2.08. The minimum absolute atomic E-state index is 0.0925. The van der Waals surface area contributed by atoms with Gasteiger partial charge in [0, 0.05) is 11.1 Å². The fraction of sp³-hybridized carbons (Fsp3) is 0.136. The predicted molar refractivity (Wildman–Crippen MR) is 113 cm³/mol. The van der Waals surface area contributed by atoms with Gasteiger partial charge in [0.15, 0.2) is 5.65 Å². The first kappa shape index (κ1) is 21.4. The zero-order valence-corrected chi connectivity index (χ0v) is 17.5. The highest BCUT2D eigenvalue weighted by Gasteiger charge is 2.31. The van der Waals surface area contributed by atoms with Crippen molar-refractivity contribution in [2.24, 2.45) is 0 Å². The van der Waals surface area contributed by atoms with Crippen LogP contribution in [0.2, 0.25) is 0 Å². The minimum Gasteiger partial charge on any atom is -0.406 e. The van der Waals surface area contributed by atoms with Crippen LogP contribution in [0.15, 0.2) is 70.0 Å². The first-order chi connectivity index (χ1) is 16.2. The number of rotatable bonds is 5. The number of alkyl halides is 3. The summed E-state index contributed by atoms with van der Waals surface area (Å²) in [5.41, 5.74) is 2.86. The number of hydrogen-bond acceptors (Lipinski definition) is 7. The lowest BCUT2D eigenvalue weighted by atomic mass is 10.1. The third-order valence-electron chi connectivity index (χ3n) is 4.89. The van der Waals surface area contributed by atoms with Gasteiger partial charge in [-0.1, -0.05) is 35.0 Å². The molecule has 5 aromatic rings. The summed E-state index contributed by atoms with van der Waals surface area (Å²) in [5, 5.41) is 12.4. The second-order valence-electron chi connectivity index (χ2n) is 7.38. The Hall–Kier alpha value is -4.48. The molecule has 5 rings (SSSR count). The summed E-state index contributed by atoms with van der Waals surface area (Å²) in [6.45, 7) is 1.87. The summed E-state index contributed by atoms with van der Waals surface area (Å²) in [7, 11) is 0. The highest BCUT2D eigenvalue weighted by Crippen LogP contribution is 2.25. The summed E-state index contributed by atoms with van der Waals surface area (Å²) < 4.78 is 48.3. The molecule has 34 heavy (non-hydrogen) atoms. The van der Waals surface area contributed by atoms with Crippen LogP contribution in [-0.2, 0) is 6.54 Å². The summed E-state index contributed by atoms with van der Waals surface area (Å²) in [6, 6.07) is 16.2. The zero-order chi connectivity index (χ0) is 23.9. The van der Waals surface area contributed by atoms with E-state index in [1.807, 2.05) is 31.2 Å². The molecule has 3 heterocycles. The SMILES string of the molecule is Cc1ccc(-c2ccc3nn(Cc4nc(-c5ccc(OC(F)(F)F)cc5)no4)c(=O)n3n2)cc1. The Kier molecular flexibility index (Phi) is 5.11. The van der Waals surface area contributed by atoms with Crippen LogP contribution in [0.4, 0.5) is 13.2 Å². The van der Waals surface area contributed by atoms with Gasteiger partial charge in [-0.15, -0.1) is 18.3 Å². The van der Waals surface area contributed by atoms with E-state index in [9.17, 15) is 18.0 Å². The van der Waals surface area contributed by atoms with Crippen LogP contribution in [0.25, 0.3) is 28.3 Å². The Balaban J connectivity index is 1.37. The molecule has 0 aliphatic carbocycles. The topological polar surface area (TPSA) is 100 Å². The van der Waals surface area contributed by atoms with Crippen molar-refractivity contribution in [1.29, 1.82) is 0 Å². The van der Waals surface area contributed by atoms with Gasteiger partial charge in [0.05, 0.1) is 5.69 Å². The quantitative estimate of drug-likeness (QED) is 0.386. The van der Waals surface area contributed by atoms with Crippen molar-refractivity contribution < 1.29 is 22.4 Å². The van der Waals surface area contributed by atoms with E-state index in [4.69, 9.17) is 4.52 Å². The summed E-state index contributed by atoms with van der Waals surface area (Å²) in [6.07, 6.45) is -4.78. The van der Waals surface area contributed by atoms with Gasteiger partial charge in [0.2, 0.25) is 11.7 Å². The van der Waals surface area contributed by atoms with Gasteiger partial charge >= 0.3 is 12.1 Å². The highest BCUT2D eigenvalue weighted by atomic mass is 19.4. The van der Waals surface area contributed by atoms with Crippen molar-refractivity contribution in [3.8, 4) is 28.4 Å². The molecule has 0 aliphatic heterocycles. The Bertz CT molecular complexity index is 1520. The van der Waals surface area contributed by atoms with Crippen molar-refractivity contribution in [3.63, 3.8) is 0 Å². The maximum Gasteiger partial charge on any atom is 0.573 e. The number of hydrogen-bond donors (Lipinski definition) is 0. The average molecular weight is 468 g/mol. The fourth-order valence-electron chi connectivity index (χ4n) is 3.26. The van der Waals surface area contributed by atoms with Gasteiger partial charge in [-0.3, -0.25) is 0 Å². The van der Waals surface area contributed by atoms with E-state index in [-0.39, 0.29) is 24.0 Å². The van der Waals surface area contributed by atoms with Crippen LogP contribution in [-0.4, -0.2) is 35.9 Å². The number of aromatic nitrogens is 6. The summed E-state index contributed by atoms with van der Waals surface area (Å²) >= 11 is 0. The Labute approximate surface area is 189 Å². The molecule has 9 nitrogen and oxygen atoms in total. The monoisotopic (exact) mass is 468 g/mol. The molecule has 172 valence electrons. The van der Waals surface area contributed by atoms with Crippen LogP contribution >= 0.6 is 0 Å². The molecule has 0 radical (unpaired) electrons. The maximum absolute atomic E-state index is 12.8. The first-order valence-electron chi connectivity index (χ1n) is 9.98. The van der Waals surface area contributed by atoms with E-state index in [2.05, 4.69) is 25.1 Å². The molecule has 0 bridgehead atoms. The molecule has 0 N–H and O–H groups in total. The summed E-state index contributed by atoms with van der Waals surface area (Å²) in [4.78, 5) is 17.0. The highest BCUT2D eigenvalue weighted by molar-refractivity contribution is 5.60. The summed E-state index contributed by atoms with van der Waals surface area (Å²) in [5.74, 6) is -0.131. The maximum atomic E-state index is 12.8. The molecular weight excluding hydrogens is 453 g/mol. The van der Waals surface area contributed by atoms with Crippen molar-refractivity contribution in [3.05, 3.63) is 82.6 Å². The largest absolute Gasteiger partial charge is 0.573 e. The zero-order valence-electron chi connectivity index (χ0n) is 17.5. The molecule has 3 aromatic heterocycles. The molecule has 0 saturated heterocycles. The van der Waals surface area contributed by atoms with Crippen LogP contribution in [0.3, 0.4) is 0 Å². The third-order valence-corrected chi connectivity index (χ3v) is 4.89. The molecule has 0 atom stereocenters. The normalized spacial score (nSPS) is 11.8. The van der Waals surface area contributed by atoms with Gasteiger partial charge in [0.1, 0.15) is 12.3 Å². The second-order valence-corrected chi connectivity index (χ2v) is 7.38. The molecule has 2 aromatic carbocycles. The molecule has 0 amide bonds. The lowest BCUT2D eigenvalue weighted by molar-refractivity contribution is -0.274. The molecule has 0 aliphatic rings. The molecule has 0 unspecified atom stereocenters. The molecule has 0 fully saturated rings. The smallest absolute Gasteiger partial charge is 0.406 e. The number of benzene rings is 2. The number of ether oxygens (including phenoxy) is 1. The van der Waals surface area contributed by atoms with E-state index in [0.29, 0.717) is 16.9 Å². The van der Waals surface area contributed by atoms with Gasteiger partial charge in [-0.05, 0) is 43.3 Å². The first-order valence-corrected chi connectivity index (χ1v) is 9.98. The van der Waals surface area contributed by atoms with E-state index in [1.54, 1.807) is 12.1 Å². The Morgan fingerprint density at radius 3 is 2.35 bits per heavy atom. The van der Waals surface area contributed by atoms with E-state index in [1.165, 1.54) is 16.6 Å². The lowest BCUT2D eigenvalue weighted by Crippen LogP contribution is -2.23. The second kappa shape index (κ2) is 8.14. The van der Waals surface area contributed by atoms with E-state index >= 15 is 0 Å². The van der Waals surface area contributed by atoms with Gasteiger partial charge in [-0.25, -0.2) is 9.48 Å². The van der Waals surface area contributed by atoms with Crippen LogP contribution in [0, 0.1) is 6.92 Å². The number of aryl methyl sites for hydroxylation is 1. The third kappa shape index (κ3) is 4.37. The fourth-order valence-corrected chi connectivity index (χ4v) is 3.26. The van der Waals surface area contributed by atoms with Crippen LogP contribution in [0.5, 0.6) is 5.75 Å². The molecule has 0 spiro atoms. The van der Waals surface area contributed by atoms with Crippen LogP contribution in [0.1, 0.15) is 11.5 Å². The Morgan fingerprint density at radius 1 is 0.941 bits per heavy atom.